The number of alkyl halides is 3. The molecule has 0 aliphatic heterocycles. The highest BCUT2D eigenvalue weighted by Gasteiger charge is 2.28. The highest BCUT2D eigenvalue weighted by atomic mass is 19.4. The minimum absolute atomic E-state index is 0.345. The molecule has 4 nitrogen and oxygen atoms in total. The number of hydrogen-bond donors (Lipinski definition) is 1. The Morgan fingerprint density at radius 2 is 2.17 bits per heavy atom. The maximum absolute atomic E-state index is 12.1. The Labute approximate surface area is 104 Å². The van der Waals surface area contributed by atoms with E-state index in [4.69, 9.17) is 10.5 Å². The van der Waals surface area contributed by atoms with Crippen LogP contribution in [-0.4, -0.2) is 28.6 Å². The first-order chi connectivity index (χ1) is 8.33. The van der Waals surface area contributed by atoms with E-state index >= 15 is 0 Å². The van der Waals surface area contributed by atoms with Gasteiger partial charge in [-0.1, -0.05) is 6.92 Å². The average molecular weight is 265 g/mol. The van der Waals surface area contributed by atoms with Crippen molar-refractivity contribution < 1.29 is 17.9 Å². The summed E-state index contributed by atoms with van der Waals surface area (Å²) in [6.45, 7) is 1.47. The predicted octanol–water partition coefficient (Wildman–Crippen LogP) is 2.17. The first-order valence-corrected chi connectivity index (χ1v) is 5.76. The molecule has 0 bridgehead atoms. The smallest absolute Gasteiger partial charge is 0.371 e. The molecule has 0 aliphatic carbocycles. The van der Waals surface area contributed by atoms with Gasteiger partial charge in [0.1, 0.15) is 6.10 Å². The summed E-state index contributed by atoms with van der Waals surface area (Å²) in [6.07, 6.45) is -1.85. The Kier molecular flexibility index (Phi) is 5.15. The fourth-order valence-electron chi connectivity index (χ4n) is 1.57. The minimum atomic E-state index is -4.21. The minimum Gasteiger partial charge on any atom is -0.371 e. The molecule has 0 saturated carbocycles. The molecule has 104 valence electrons. The van der Waals surface area contributed by atoms with Crippen molar-refractivity contribution in [2.75, 3.05) is 6.61 Å². The Hall–Kier alpha value is -1.08. The number of aromatic nitrogens is 2. The van der Waals surface area contributed by atoms with Crippen LogP contribution in [0.4, 0.5) is 13.2 Å². The van der Waals surface area contributed by atoms with E-state index < -0.39 is 25.3 Å². The van der Waals surface area contributed by atoms with Crippen molar-refractivity contribution in [1.82, 2.24) is 9.78 Å². The summed E-state index contributed by atoms with van der Waals surface area (Å²) in [6, 6.07) is -0.345. The molecule has 0 saturated heterocycles. The van der Waals surface area contributed by atoms with Gasteiger partial charge in [0.05, 0.1) is 19.2 Å². The van der Waals surface area contributed by atoms with Gasteiger partial charge in [-0.3, -0.25) is 4.68 Å². The lowest BCUT2D eigenvalue weighted by atomic mass is 10.0. The lowest BCUT2D eigenvalue weighted by molar-refractivity contribution is -0.150. The second-order valence-electron chi connectivity index (χ2n) is 4.18. The third-order valence-corrected chi connectivity index (χ3v) is 2.60. The van der Waals surface area contributed by atoms with Gasteiger partial charge in [0.15, 0.2) is 0 Å². The standard InChI is InChI=1S/C11H18F3N3O/c1-3-9(15)10(8-6-16-17(2)7-8)18-5-4-11(12,13)14/h6-7,9-10H,3-5,15H2,1-2H3. The quantitative estimate of drug-likeness (QED) is 0.857. The maximum atomic E-state index is 12.1. The SMILES string of the molecule is CCC(N)C(OCCC(F)(F)F)c1cnn(C)c1. The summed E-state index contributed by atoms with van der Waals surface area (Å²) in [5.74, 6) is 0. The molecule has 0 amide bonds. The van der Waals surface area contributed by atoms with Gasteiger partial charge in [-0.15, -0.1) is 0 Å². The third kappa shape index (κ3) is 4.66. The number of rotatable bonds is 6. The normalized spacial score (nSPS) is 15.7. The summed E-state index contributed by atoms with van der Waals surface area (Å²) < 4.78 is 43.0. The molecule has 2 N–H and O–H groups in total. The average Bonchev–Trinajstić information content (AvgIpc) is 2.68. The zero-order chi connectivity index (χ0) is 13.8. The Morgan fingerprint density at radius 3 is 2.61 bits per heavy atom. The van der Waals surface area contributed by atoms with Crippen molar-refractivity contribution in [3.63, 3.8) is 0 Å². The van der Waals surface area contributed by atoms with Crippen molar-refractivity contribution in [1.29, 1.82) is 0 Å². The largest absolute Gasteiger partial charge is 0.391 e. The van der Waals surface area contributed by atoms with Gasteiger partial charge < -0.3 is 10.5 Å². The number of halogens is 3. The van der Waals surface area contributed by atoms with Crippen LogP contribution in [0.15, 0.2) is 12.4 Å². The Morgan fingerprint density at radius 1 is 1.50 bits per heavy atom. The molecular formula is C11H18F3N3O. The monoisotopic (exact) mass is 265 g/mol. The van der Waals surface area contributed by atoms with Crippen LogP contribution in [0.2, 0.25) is 0 Å². The van der Waals surface area contributed by atoms with Crippen LogP contribution in [0, 0.1) is 0 Å². The van der Waals surface area contributed by atoms with Gasteiger partial charge >= 0.3 is 6.18 Å². The van der Waals surface area contributed by atoms with Crippen molar-refractivity contribution in [2.24, 2.45) is 12.8 Å². The second-order valence-corrected chi connectivity index (χ2v) is 4.18. The molecule has 2 atom stereocenters. The molecule has 0 spiro atoms. The summed E-state index contributed by atoms with van der Waals surface area (Å²) in [4.78, 5) is 0. The topological polar surface area (TPSA) is 53.1 Å². The van der Waals surface area contributed by atoms with Crippen LogP contribution in [0.3, 0.4) is 0 Å². The lowest BCUT2D eigenvalue weighted by Crippen LogP contribution is -2.30. The van der Waals surface area contributed by atoms with Crippen molar-refractivity contribution in [3.8, 4) is 0 Å². The zero-order valence-electron chi connectivity index (χ0n) is 10.4. The third-order valence-electron chi connectivity index (χ3n) is 2.60. The van der Waals surface area contributed by atoms with Crippen LogP contribution >= 0.6 is 0 Å². The van der Waals surface area contributed by atoms with Crippen molar-refractivity contribution >= 4 is 0 Å². The number of nitrogens with two attached hydrogens (primary N) is 1. The molecule has 0 radical (unpaired) electrons. The molecule has 1 heterocycles. The number of nitrogens with zero attached hydrogens (tertiary/aromatic N) is 2. The van der Waals surface area contributed by atoms with Gasteiger partial charge in [0.2, 0.25) is 0 Å². The van der Waals surface area contributed by atoms with E-state index in [2.05, 4.69) is 5.10 Å². The maximum Gasteiger partial charge on any atom is 0.391 e. The highest BCUT2D eigenvalue weighted by Crippen LogP contribution is 2.25. The summed E-state index contributed by atoms with van der Waals surface area (Å²) in [5.41, 5.74) is 6.57. The first kappa shape index (κ1) is 15.0. The van der Waals surface area contributed by atoms with E-state index in [1.165, 1.54) is 0 Å². The van der Waals surface area contributed by atoms with E-state index in [1.54, 1.807) is 24.1 Å². The van der Waals surface area contributed by atoms with Crippen LogP contribution in [0.5, 0.6) is 0 Å². The second kappa shape index (κ2) is 6.19. The first-order valence-electron chi connectivity index (χ1n) is 5.76. The molecule has 7 heteroatoms. The number of hydrogen-bond acceptors (Lipinski definition) is 3. The number of aryl methyl sites for hydroxylation is 1. The van der Waals surface area contributed by atoms with Crippen molar-refractivity contribution in [2.45, 2.75) is 38.1 Å². The van der Waals surface area contributed by atoms with Gasteiger partial charge in [-0.25, -0.2) is 0 Å². The molecule has 18 heavy (non-hydrogen) atoms. The van der Waals surface area contributed by atoms with Gasteiger partial charge in [-0.05, 0) is 6.42 Å². The van der Waals surface area contributed by atoms with Crippen LogP contribution < -0.4 is 5.73 Å². The van der Waals surface area contributed by atoms with E-state index in [1.807, 2.05) is 6.92 Å². The van der Waals surface area contributed by atoms with E-state index in [0.29, 0.717) is 12.0 Å². The van der Waals surface area contributed by atoms with Crippen molar-refractivity contribution in [3.05, 3.63) is 18.0 Å². The summed E-state index contributed by atoms with van der Waals surface area (Å²) in [5, 5.41) is 3.97. The molecule has 1 rings (SSSR count). The van der Waals surface area contributed by atoms with Crippen LogP contribution in [0.25, 0.3) is 0 Å². The highest BCUT2D eigenvalue weighted by molar-refractivity contribution is 5.10. The number of ether oxygens (including phenoxy) is 1. The molecular weight excluding hydrogens is 247 g/mol. The zero-order valence-corrected chi connectivity index (χ0v) is 10.4. The molecule has 0 aromatic carbocycles. The van der Waals surface area contributed by atoms with Gasteiger partial charge in [-0.2, -0.15) is 18.3 Å². The van der Waals surface area contributed by atoms with E-state index in [-0.39, 0.29) is 6.04 Å². The van der Waals surface area contributed by atoms with Crippen LogP contribution in [0.1, 0.15) is 31.4 Å². The summed E-state index contributed by atoms with van der Waals surface area (Å²) >= 11 is 0. The van der Waals surface area contributed by atoms with Gasteiger partial charge in [0, 0.05) is 24.8 Å². The Balaban J connectivity index is 2.62. The fourth-order valence-corrected chi connectivity index (χ4v) is 1.57. The molecule has 0 aliphatic rings. The molecule has 1 aromatic heterocycles. The van der Waals surface area contributed by atoms with Gasteiger partial charge in [0.25, 0.3) is 0 Å². The van der Waals surface area contributed by atoms with E-state index in [9.17, 15) is 13.2 Å². The predicted molar refractivity (Wildman–Crippen MR) is 60.8 cm³/mol. The lowest BCUT2D eigenvalue weighted by Gasteiger charge is -2.22. The Bertz CT molecular complexity index is 365. The molecule has 1 aromatic rings. The fraction of sp³-hybridized carbons (Fsp3) is 0.727. The molecule has 2 unspecified atom stereocenters. The summed E-state index contributed by atoms with van der Waals surface area (Å²) in [7, 11) is 1.73. The molecule has 0 fully saturated rings. The van der Waals surface area contributed by atoms with E-state index in [0.717, 1.165) is 0 Å². The van der Waals surface area contributed by atoms with Crippen LogP contribution in [-0.2, 0) is 11.8 Å².